The Labute approximate surface area is 238 Å². The fourth-order valence-corrected chi connectivity index (χ4v) is 5.86. The van der Waals surface area contributed by atoms with Crippen LogP contribution in [0.3, 0.4) is 0 Å². The van der Waals surface area contributed by atoms with Gasteiger partial charge in [0, 0.05) is 12.3 Å². The molecule has 41 heavy (non-hydrogen) atoms. The van der Waals surface area contributed by atoms with Crippen LogP contribution in [-0.4, -0.2) is 34.7 Å². The Balaban J connectivity index is 1.32. The molecule has 5 nitrogen and oxygen atoms in total. The standard InChI is InChI=1S/C33H35F3O5/c34-33(35,36)27-7-4-8-29(20-27)41-21-28(37)16-17-30-24(11-14-26(30)19-32(39)40)15-18-31(38)25-12-9-23(10-13-25)22-5-2-1-3-6-22/h1-9,12-13,16-17,20,23-24,26,30-31,38H,10-11,14-15,18-19,21H2,(H,39,40)/b17-16+/t23?,24-,26+,30?,31?/m0/s1. The van der Waals surface area contributed by atoms with Gasteiger partial charge in [-0.1, -0.05) is 60.7 Å². The maximum Gasteiger partial charge on any atom is 0.416 e. The molecule has 2 aromatic carbocycles. The van der Waals surface area contributed by atoms with Crippen LogP contribution in [0.2, 0.25) is 0 Å². The Morgan fingerprint density at radius 1 is 1.05 bits per heavy atom. The Bertz CT molecular complexity index is 1280. The van der Waals surface area contributed by atoms with Crippen molar-refractivity contribution in [3.05, 3.63) is 102 Å². The molecule has 2 aromatic rings. The molecule has 0 aliphatic heterocycles. The van der Waals surface area contributed by atoms with E-state index >= 15 is 0 Å². The molecule has 2 aliphatic carbocycles. The van der Waals surface area contributed by atoms with E-state index in [9.17, 15) is 33.0 Å². The highest BCUT2D eigenvalue weighted by molar-refractivity contribution is 5.91. The zero-order chi connectivity index (χ0) is 29.4. The lowest BCUT2D eigenvalue weighted by Crippen LogP contribution is -2.19. The third-order valence-electron chi connectivity index (χ3n) is 8.03. The highest BCUT2D eigenvalue weighted by Gasteiger charge is 2.36. The maximum atomic E-state index is 12.9. The van der Waals surface area contributed by atoms with Crippen LogP contribution >= 0.6 is 0 Å². The predicted octanol–water partition coefficient (Wildman–Crippen LogP) is 7.14. The van der Waals surface area contributed by atoms with Crippen molar-refractivity contribution in [2.24, 2.45) is 17.8 Å². The van der Waals surface area contributed by atoms with E-state index in [0.29, 0.717) is 19.3 Å². The second-order valence-corrected chi connectivity index (χ2v) is 10.8. The van der Waals surface area contributed by atoms with Crippen molar-refractivity contribution in [2.45, 2.75) is 56.7 Å². The molecule has 2 N–H and O–H groups in total. The van der Waals surface area contributed by atoms with Crippen LogP contribution in [0.25, 0.3) is 0 Å². The molecule has 1 saturated carbocycles. The van der Waals surface area contributed by atoms with E-state index in [1.165, 1.54) is 23.8 Å². The SMILES string of the molecule is O=C(O)C[C@H]1CC[C@@H](CCC(O)C2=CCC(c3ccccc3)C=C2)C1/C=C/C(=O)COc1cccc(C(F)(F)F)c1. The van der Waals surface area contributed by atoms with Gasteiger partial charge in [0.05, 0.1) is 11.7 Å². The average Bonchev–Trinajstić information content (AvgIpc) is 3.34. The summed E-state index contributed by atoms with van der Waals surface area (Å²) in [5, 5.41) is 20.3. The summed E-state index contributed by atoms with van der Waals surface area (Å²) in [5.74, 6) is -1.29. The molecule has 4 rings (SSSR count). The number of ketones is 1. The summed E-state index contributed by atoms with van der Waals surface area (Å²) in [6.45, 7) is -0.429. The van der Waals surface area contributed by atoms with Gasteiger partial charge in [-0.3, -0.25) is 9.59 Å². The van der Waals surface area contributed by atoms with E-state index in [0.717, 1.165) is 30.5 Å². The molecule has 8 heteroatoms. The number of allylic oxidation sites excluding steroid dienone is 3. The normalized spacial score (nSPS) is 23.4. The number of aliphatic carboxylic acids is 1. The van der Waals surface area contributed by atoms with Gasteiger partial charge < -0.3 is 14.9 Å². The molecule has 0 heterocycles. The van der Waals surface area contributed by atoms with Crippen molar-refractivity contribution in [1.29, 1.82) is 0 Å². The lowest BCUT2D eigenvalue weighted by atomic mass is 9.83. The Morgan fingerprint density at radius 2 is 1.80 bits per heavy atom. The summed E-state index contributed by atoms with van der Waals surface area (Å²) < 4.78 is 44.1. The second-order valence-electron chi connectivity index (χ2n) is 10.8. The van der Waals surface area contributed by atoms with Crippen LogP contribution in [0.5, 0.6) is 5.75 Å². The summed E-state index contributed by atoms with van der Waals surface area (Å²) >= 11 is 0. The Kier molecular flexibility index (Phi) is 10.2. The highest BCUT2D eigenvalue weighted by Crippen LogP contribution is 2.43. The van der Waals surface area contributed by atoms with Crippen LogP contribution in [0.1, 0.15) is 55.6 Å². The number of aliphatic hydroxyl groups is 1. The first-order chi connectivity index (χ1) is 19.6. The van der Waals surface area contributed by atoms with Gasteiger partial charge in [0.1, 0.15) is 5.75 Å². The maximum absolute atomic E-state index is 12.9. The van der Waals surface area contributed by atoms with Crippen LogP contribution in [0.4, 0.5) is 13.2 Å². The molecule has 3 unspecified atom stereocenters. The third-order valence-corrected chi connectivity index (χ3v) is 8.03. The minimum atomic E-state index is -4.51. The molecule has 0 spiro atoms. The molecular formula is C33H35F3O5. The quantitative estimate of drug-likeness (QED) is 0.266. The lowest BCUT2D eigenvalue weighted by molar-refractivity contribution is -0.139. The highest BCUT2D eigenvalue weighted by atomic mass is 19.4. The number of hydrogen-bond acceptors (Lipinski definition) is 4. The number of carbonyl (C=O) groups excluding carboxylic acids is 1. The summed E-state index contributed by atoms with van der Waals surface area (Å²) in [7, 11) is 0. The first-order valence-electron chi connectivity index (χ1n) is 13.9. The van der Waals surface area contributed by atoms with Crippen molar-refractivity contribution < 1.29 is 37.7 Å². The number of benzene rings is 2. The van der Waals surface area contributed by atoms with Gasteiger partial charge in [0.2, 0.25) is 0 Å². The molecule has 0 bridgehead atoms. The summed E-state index contributed by atoms with van der Waals surface area (Å²) in [5.41, 5.74) is 1.25. The van der Waals surface area contributed by atoms with Crippen LogP contribution in [0.15, 0.2) is 90.6 Å². The zero-order valence-corrected chi connectivity index (χ0v) is 22.7. The van der Waals surface area contributed by atoms with E-state index in [1.54, 1.807) is 6.08 Å². The van der Waals surface area contributed by atoms with Gasteiger partial charge in [0.15, 0.2) is 12.4 Å². The number of carbonyl (C=O) groups is 2. The monoisotopic (exact) mass is 568 g/mol. The predicted molar refractivity (Wildman–Crippen MR) is 149 cm³/mol. The topological polar surface area (TPSA) is 83.8 Å². The summed E-state index contributed by atoms with van der Waals surface area (Å²) in [6, 6.07) is 14.5. The number of ether oxygens (including phenoxy) is 1. The van der Waals surface area contributed by atoms with Crippen molar-refractivity contribution in [3.63, 3.8) is 0 Å². The Morgan fingerprint density at radius 3 is 2.49 bits per heavy atom. The molecule has 0 saturated heterocycles. The van der Waals surface area contributed by atoms with Crippen molar-refractivity contribution in [3.8, 4) is 5.75 Å². The van der Waals surface area contributed by atoms with E-state index in [4.69, 9.17) is 4.74 Å². The molecule has 0 aromatic heterocycles. The van der Waals surface area contributed by atoms with Crippen molar-refractivity contribution in [2.75, 3.05) is 6.61 Å². The smallest absolute Gasteiger partial charge is 0.416 e. The number of hydrogen-bond donors (Lipinski definition) is 2. The largest absolute Gasteiger partial charge is 0.485 e. The van der Waals surface area contributed by atoms with Crippen LogP contribution in [0, 0.1) is 17.8 Å². The van der Waals surface area contributed by atoms with E-state index < -0.39 is 36.2 Å². The molecule has 1 fully saturated rings. The van der Waals surface area contributed by atoms with E-state index in [-0.39, 0.29) is 35.8 Å². The van der Waals surface area contributed by atoms with Gasteiger partial charge in [-0.2, -0.15) is 13.2 Å². The van der Waals surface area contributed by atoms with Gasteiger partial charge in [-0.15, -0.1) is 0 Å². The molecule has 2 aliphatic rings. The molecule has 218 valence electrons. The first kappa shape index (κ1) is 30.3. The van der Waals surface area contributed by atoms with Gasteiger partial charge in [0.25, 0.3) is 0 Å². The summed E-state index contributed by atoms with van der Waals surface area (Å²) in [4.78, 5) is 23.9. The number of halogens is 3. The zero-order valence-electron chi connectivity index (χ0n) is 22.7. The van der Waals surface area contributed by atoms with Crippen molar-refractivity contribution in [1.82, 2.24) is 0 Å². The first-order valence-corrected chi connectivity index (χ1v) is 13.9. The minimum Gasteiger partial charge on any atom is -0.485 e. The second kappa shape index (κ2) is 13.8. The number of carboxylic acids is 1. The molecular weight excluding hydrogens is 533 g/mol. The number of carboxylic acid groups (broad SMARTS) is 1. The molecule has 5 atom stereocenters. The third kappa shape index (κ3) is 8.67. The minimum absolute atomic E-state index is 0.0161. The lowest BCUT2D eigenvalue weighted by Gasteiger charge is -2.24. The number of aliphatic hydroxyl groups excluding tert-OH is 1. The average molecular weight is 569 g/mol. The van der Waals surface area contributed by atoms with Gasteiger partial charge >= 0.3 is 12.1 Å². The van der Waals surface area contributed by atoms with Crippen molar-refractivity contribution >= 4 is 11.8 Å². The van der Waals surface area contributed by atoms with Crippen LogP contribution in [-0.2, 0) is 15.8 Å². The van der Waals surface area contributed by atoms with Gasteiger partial charge in [-0.05, 0) is 85.3 Å². The Hall–Kier alpha value is -3.65. The number of alkyl halides is 3. The van der Waals surface area contributed by atoms with Gasteiger partial charge in [-0.25, -0.2) is 0 Å². The fourth-order valence-electron chi connectivity index (χ4n) is 5.86. The number of rotatable bonds is 12. The summed E-state index contributed by atoms with van der Waals surface area (Å²) in [6.07, 6.45) is 7.59. The fraction of sp³-hybridized carbons (Fsp3) is 0.394. The van der Waals surface area contributed by atoms with E-state index in [1.807, 2.05) is 24.3 Å². The molecule has 0 amide bonds. The van der Waals surface area contributed by atoms with Crippen LogP contribution < -0.4 is 4.74 Å². The van der Waals surface area contributed by atoms with E-state index in [2.05, 4.69) is 24.3 Å². The molecule has 0 radical (unpaired) electrons.